The standard InChI is InChI=1S/C11H19N3/c1-8-4-10(5-8)13-9(2)11-6-12-7-14(11)3/h6-10,13H,4-5H2,1-3H3. The third kappa shape index (κ3) is 1.82. The number of nitrogens with zero attached hydrogens (tertiary/aromatic N) is 2. The van der Waals surface area contributed by atoms with Gasteiger partial charge < -0.3 is 9.88 Å². The molecule has 1 N–H and O–H groups in total. The molecular formula is C11H19N3. The highest BCUT2D eigenvalue weighted by Crippen LogP contribution is 2.28. The molecule has 0 aliphatic heterocycles. The number of rotatable bonds is 3. The van der Waals surface area contributed by atoms with Gasteiger partial charge in [-0.05, 0) is 25.7 Å². The third-order valence-corrected chi connectivity index (χ3v) is 3.16. The van der Waals surface area contributed by atoms with Crippen LogP contribution in [-0.2, 0) is 7.05 Å². The molecule has 2 rings (SSSR count). The lowest BCUT2D eigenvalue weighted by atomic mass is 9.81. The minimum Gasteiger partial charge on any atom is -0.336 e. The molecule has 0 radical (unpaired) electrons. The lowest BCUT2D eigenvalue weighted by Gasteiger charge is -2.35. The molecule has 0 bridgehead atoms. The van der Waals surface area contributed by atoms with Crippen LogP contribution in [0.15, 0.2) is 12.5 Å². The van der Waals surface area contributed by atoms with Gasteiger partial charge in [-0.2, -0.15) is 0 Å². The summed E-state index contributed by atoms with van der Waals surface area (Å²) in [4.78, 5) is 4.13. The molecule has 0 amide bonds. The second-order valence-corrected chi connectivity index (χ2v) is 4.59. The van der Waals surface area contributed by atoms with Gasteiger partial charge in [0.05, 0.1) is 12.0 Å². The lowest BCUT2D eigenvalue weighted by Crippen LogP contribution is -2.41. The fourth-order valence-corrected chi connectivity index (χ4v) is 2.26. The van der Waals surface area contributed by atoms with Gasteiger partial charge in [-0.3, -0.25) is 0 Å². The van der Waals surface area contributed by atoms with Crippen molar-refractivity contribution in [2.45, 2.75) is 38.8 Å². The second kappa shape index (κ2) is 3.73. The molecule has 1 saturated carbocycles. The Morgan fingerprint density at radius 2 is 2.29 bits per heavy atom. The number of imidazole rings is 1. The minimum atomic E-state index is 0.417. The van der Waals surface area contributed by atoms with E-state index in [1.807, 2.05) is 19.6 Å². The summed E-state index contributed by atoms with van der Waals surface area (Å²) in [7, 11) is 2.05. The molecule has 1 aromatic heterocycles. The molecule has 1 aromatic rings. The number of aromatic nitrogens is 2. The Labute approximate surface area is 85.5 Å². The molecule has 1 heterocycles. The minimum absolute atomic E-state index is 0.417. The van der Waals surface area contributed by atoms with Crippen molar-refractivity contribution in [2.24, 2.45) is 13.0 Å². The van der Waals surface area contributed by atoms with Crippen LogP contribution in [0.25, 0.3) is 0 Å². The molecule has 1 aliphatic carbocycles. The van der Waals surface area contributed by atoms with Crippen molar-refractivity contribution in [2.75, 3.05) is 0 Å². The van der Waals surface area contributed by atoms with Crippen molar-refractivity contribution < 1.29 is 0 Å². The van der Waals surface area contributed by atoms with Gasteiger partial charge in [0.1, 0.15) is 0 Å². The number of hydrogen-bond acceptors (Lipinski definition) is 2. The molecule has 1 unspecified atom stereocenters. The predicted octanol–water partition coefficient (Wildman–Crippen LogP) is 1.87. The van der Waals surface area contributed by atoms with Gasteiger partial charge in [-0.25, -0.2) is 4.98 Å². The van der Waals surface area contributed by atoms with Crippen LogP contribution in [0.3, 0.4) is 0 Å². The summed E-state index contributed by atoms with van der Waals surface area (Å²) in [5, 5.41) is 3.63. The van der Waals surface area contributed by atoms with E-state index in [9.17, 15) is 0 Å². The maximum Gasteiger partial charge on any atom is 0.0946 e. The molecule has 0 aromatic carbocycles. The van der Waals surface area contributed by atoms with Gasteiger partial charge in [0.25, 0.3) is 0 Å². The van der Waals surface area contributed by atoms with Crippen LogP contribution in [-0.4, -0.2) is 15.6 Å². The maximum atomic E-state index is 4.13. The number of aryl methyl sites for hydroxylation is 1. The van der Waals surface area contributed by atoms with E-state index in [1.54, 1.807) is 0 Å². The SMILES string of the molecule is CC1CC(NC(C)c2cncn2C)C1. The van der Waals surface area contributed by atoms with Crippen LogP contribution in [0.1, 0.15) is 38.4 Å². The third-order valence-electron chi connectivity index (χ3n) is 3.16. The molecule has 0 spiro atoms. The highest BCUT2D eigenvalue weighted by atomic mass is 15.1. The summed E-state index contributed by atoms with van der Waals surface area (Å²) in [5.74, 6) is 0.909. The molecule has 1 fully saturated rings. The van der Waals surface area contributed by atoms with Crippen molar-refractivity contribution in [1.29, 1.82) is 0 Å². The normalized spacial score (nSPS) is 28.5. The van der Waals surface area contributed by atoms with E-state index in [2.05, 4.69) is 28.7 Å². The van der Waals surface area contributed by atoms with E-state index in [-0.39, 0.29) is 0 Å². The monoisotopic (exact) mass is 193 g/mol. The maximum absolute atomic E-state index is 4.13. The molecule has 78 valence electrons. The Morgan fingerprint density at radius 3 is 2.79 bits per heavy atom. The van der Waals surface area contributed by atoms with Gasteiger partial charge in [0, 0.05) is 25.3 Å². The van der Waals surface area contributed by atoms with Crippen molar-refractivity contribution in [3.63, 3.8) is 0 Å². The van der Waals surface area contributed by atoms with Crippen LogP contribution in [0.4, 0.5) is 0 Å². The van der Waals surface area contributed by atoms with E-state index >= 15 is 0 Å². The van der Waals surface area contributed by atoms with Crippen molar-refractivity contribution in [1.82, 2.24) is 14.9 Å². The van der Waals surface area contributed by atoms with E-state index in [0.29, 0.717) is 6.04 Å². The highest BCUT2D eigenvalue weighted by molar-refractivity contribution is 5.04. The summed E-state index contributed by atoms with van der Waals surface area (Å²) in [6.45, 7) is 4.52. The quantitative estimate of drug-likeness (QED) is 0.794. The zero-order chi connectivity index (χ0) is 10.1. The number of nitrogens with one attached hydrogen (secondary N) is 1. The zero-order valence-electron chi connectivity index (χ0n) is 9.20. The molecule has 1 aliphatic rings. The molecule has 3 nitrogen and oxygen atoms in total. The average Bonchev–Trinajstić information content (AvgIpc) is 2.48. The van der Waals surface area contributed by atoms with Gasteiger partial charge in [0.15, 0.2) is 0 Å². The van der Waals surface area contributed by atoms with Gasteiger partial charge in [-0.1, -0.05) is 6.92 Å². The highest BCUT2D eigenvalue weighted by Gasteiger charge is 2.26. The Balaban J connectivity index is 1.90. The molecular weight excluding hydrogens is 174 g/mol. The van der Waals surface area contributed by atoms with E-state index < -0.39 is 0 Å². The lowest BCUT2D eigenvalue weighted by molar-refractivity contribution is 0.224. The summed E-state index contributed by atoms with van der Waals surface area (Å²) >= 11 is 0. The topological polar surface area (TPSA) is 29.9 Å². The largest absolute Gasteiger partial charge is 0.336 e. The fourth-order valence-electron chi connectivity index (χ4n) is 2.26. The summed E-state index contributed by atoms with van der Waals surface area (Å²) in [6, 6.07) is 1.13. The smallest absolute Gasteiger partial charge is 0.0946 e. The Bertz CT molecular complexity index is 299. The van der Waals surface area contributed by atoms with Crippen molar-refractivity contribution in [3.05, 3.63) is 18.2 Å². The van der Waals surface area contributed by atoms with Crippen LogP contribution < -0.4 is 5.32 Å². The Kier molecular flexibility index (Phi) is 2.59. The Morgan fingerprint density at radius 1 is 1.57 bits per heavy atom. The van der Waals surface area contributed by atoms with Crippen molar-refractivity contribution in [3.8, 4) is 0 Å². The zero-order valence-corrected chi connectivity index (χ0v) is 9.20. The first-order valence-electron chi connectivity index (χ1n) is 5.39. The van der Waals surface area contributed by atoms with Gasteiger partial charge in [-0.15, -0.1) is 0 Å². The first-order valence-corrected chi connectivity index (χ1v) is 5.39. The van der Waals surface area contributed by atoms with E-state index in [4.69, 9.17) is 0 Å². The van der Waals surface area contributed by atoms with Crippen LogP contribution in [0.2, 0.25) is 0 Å². The summed E-state index contributed by atoms with van der Waals surface area (Å²) in [5.41, 5.74) is 1.27. The van der Waals surface area contributed by atoms with Gasteiger partial charge in [0.2, 0.25) is 0 Å². The van der Waals surface area contributed by atoms with Gasteiger partial charge >= 0.3 is 0 Å². The molecule has 0 saturated heterocycles. The van der Waals surface area contributed by atoms with Crippen molar-refractivity contribution >= 4 is 0 Å². The van der Waals surface area contributed by atoms with Crippen LogP contribution in [0.5, 0.6) is 0 Å². The average molecular weight is 193 g/mol. The molecule has 14 heavy (non-hydrogen) atoms. The fraction of sp³-hybridized carbons (Fsp3) is 0.727. The summed E-state index contributed by atoms with van der Waals surface area (Å²) in [6.07, 6.45) is 6.45. The first-order chi connectivity index (χ1) is 6.66. The van der Waals surface area contributed by atoms with E-state index in [0.717, 1.165) is 12.0 Å². The Hall–Kier alpha value is -0.830. The number of hydrogen-bond donors (Lipinski definition) is 1. The van der Waals surface area contributed by atoms with Crippen LogP contribution >= 0.6 is 0 Å². The second-order valence-electron chi connectivity index (χ2n) is 4.59. The molecule has 3 heteroatoms. The predicted molar refractivity (Wildman–Crippen MR) is 56.9 cm³/mol. The molecule has 1 atom stereocenters. The van der Waals surface area contributed by atoms with E-state index in [1.165, 1.54) is 18.5 Å². The first kappa shape index (κ1) is 9.71. The summed E-state index contributed by atoms with van der Waals surface area (Å²) < 4.78 is 2.08. The van der Waals surface area contributed by atoms with Crippen LogP contribution in [0, 0.1) is 5.92 Å².